The van der Waals surface area contributed by atoms with Gasteiger partial charge in [0.05, 0.1) is 33.1 Å². The van der Waals surface area contributed by atoms with Crippen LogP contribution in [-0.4, -0.2) is 18.5 Å². The molecule has 0 aliphatic carbocycles. The Labute approximate surface area is 274 Å². The van der Waals surface area contributed by atoms with Crippen molar-refractivity contribution in [2.75, 3.05) is 0 Å². The van der Waals surface area contributed by atoms with Gasteiger partial charge in [0, 0.05) is 32.9 Å². The normalized spacial score (nSPS) is 12.2. The molecule has 0 N–H and O–H groups in total. The van der Waals surface area contributed by atoms with Gasteiger partial charge >= 0.3 is 0 Å². The summed E-state index contributed by atoms with van der Waals surface area (Å²) in [7, 11) is 0. The van der Waals surface area contributed by atoms with E-state index in [9.17, 15) is 0 Å². The van der Waals surface area contributed by atoms with Crippen LogP contribution in [0.1, 0.15) is 0 Å². The number of para-hydroxylation sites is 5. The molecule has 5 nitrogen and oxygen atoms in total. The van der Waals surface area contributed by atoms with Crippen molar-refractivity contribution in [3.8, 4) is 22.5 Å². The molecular weight excluding hydrogens is 589 g/mol. The van der Waals surface area contributed by atoms with Crippen molar-refractivity contribution >= 4 is 71.6 Å². The van der Waals surface area contributed by atoms with Gasteiger partial charge in [0.1, 0.15) is 11.2 Å². The summed E-state index contributed by atoms with van der Waals surface area (Å²) in [5, 5.41) is 4.71. The summed E-state index contributed by atoms with van der Waals surface area (Å²) in [5.41, 5.74) is 12.9. The van der Waals surface area contributed by atoms with Crippen LogP contribution < -0.4 is 0 Å². The van der Waals surface area contributed by atoms with Gasteiger partial charge in [-0.25, -0.2) is 4.98 Å². The molecule has 4 heterocycles. The number of benzene rings is 7. The number of hydrogen-bond acceptors (Lipinski definition) is 2. The average Bonchev–Trinajstić information content (AvgIpc) is 3.88. The van der Waals surface area contributed by atoms with E-state index in [4.69, 9.17) is 9.40 Å². The number of imidazole rings is 2. The molecule has 11 rings (SSSR count). The van der Waals surface area contributed by atoms with E-state index < -0.39 is 0 Å². The molecule has 11 aromatic rings. The van der Waals surface area contributed by atoms with E-state index in [-0.39, 0.29) is 0 Å². The average molecular weight is 615 g/mol. The summed E-state index contributed by atoms with van der Waals surface area (Å²) >= 11 is 0. The minimum absolute atomic E-state index is 0.882. The van der Waals surface area contributed by atoms with Crippen LogP contribution in [0.15, 0.2) is 162 Å². The molecule has 0 amide bonds. The number of nitrogens with zero attached hydrogens (tertiary/aromatic N) is 4. The Morgan fingerprint density at radius 1 is 0.396 bits per heavy atom. The minimum Gasteiger partial charge on any atom is -0.456 e. The summed E-state index contributed by atoms with van der Waals surface area (Å²) in [6, 6.07) is 55.9. The maximum absolute atomic E-state index is 6.38. The fourth-order valence-corrected chi connectivity index (χ4v) is 7.70. The number of aromatic nitrogens is 4. The predicted octanol–water partition coefficient (Wildman–Crippen LogP) is 11.1. The highest BCUT2D eigenvalue weighted by Gasteiger charge is 2.19. The van der Waals surface area contributed by atoms with Crippen LogP contribution in [-0.2, 0) is 0 Å². The van der Waals surface area contributed by atoms with E-state index in [1.807, 2.05) is 12.1 Å². The molecule has 0 saturated carbocycles. The van der Waals surface area contributed by atoms with Gasteiger partial charge in [-0.1, -0.05) is 78.9 Å². The van der Waals surface area contributed by atoms with E-state index in [1.165, 1.54) is 21.8 Å². The molecule has 224 valence electrons. The van der Waals surface area contributed by atoms with E-state index >= 15 is 0 Å². The van der Waals surface area contributed by atoms with Gasteiger partial charge in [0.2, 0.25) is 5.78 Å². The van der Waals surface area contributed by atoms with Crippen molar-refractivity contribution in [3.05, 3.63) is 158 Å². The number of rotatable bonds is 3. The highest BCUT2D eigenvalue weighted by Crippen LogP contribution is 2.38. The molecule has 0 aliphatic rings. The summed E-state index contributed by atoms with van der Waals surface area (Å²) < 4.78 is 13.3. The van der Waals surface area contributed by atoms with E-state index in [1.54, 1.807) is 0 Å². The van der Waals surface area contributed by atoms with E-state index in [2.05, 4.69) is 159 Å². The third-order valence-corrected chi connectivity index (χ3v) is 9.84. The Balaban J connectivity index is 1.12. The van der Waals surface area contributed by atoms with Crippen LogP contribution in [0, 0.1) is 0 Å². The van der Waals surface area contributed by atoms with Crippen LogP contribution in [0.5, 0.6) is 0 Å². The first-order valence-electron chi connectivity index (χ1n) is 16.2. The second kappa shape index (κ2) is 9.47. The Bertz CT molecular complexity index is 3010. The molecule has 0 saturated heterocycles. The molecule has 48 heavy (non-hydrogen) atoms. The fraction of sp³-hybridized carbons (Fsp3) is 0. The monoisotopic (exact) mass is 614 g/mol. The first-order chi connectivity index (χ1) is 23.8. The number of fused-ring (bicyclic) bond motifs is 11. The van der Waals surface area contributed by atoms with Crippen molar-refractivity contribution in [3.63, 3.8) is 0 Å². The Morgan fingerprint density at radius 2 is 1.02 bits per heavy atom. The molecular formula is C43H26N4O. The number of furan rings is 1. The van der Waals surface area contributed by atoms with Crippen LogP contribution in [0.25, 0.3) is 94.1 Å². The van der Waals surface area contributed by atoms with Gasteiger partial charge in [-0.15, -0.1) is 0 Å². The van der Waals surface area contributed by atoms with Gasteiger partial charge in [-0.2, -0.15) is 0 Å². The SMILES string of the molecule is c1ccc(-n2c3ccc(-c4ccc5oc6ccc(-n7c8ccccc8c8ccccc87)cc6c5c4)cc3n3c4ccccc4nc23)cc1. The third kappa shape index (κ3) is 3.47. The quantitative estimate of drug-likeness (QED) is 0.199. The van der Waals surface area contributed by atoms with Crippen LogP contribution >= 0.6 is 0 Å². The lowest BCUT2D eigenvalue weighted by Crippen LogP contribution is -1.94. The maximum atomic E-state index is 6.38. The van der Waals surface area contributed by atoms with E-state index in [0.29, 0.717) is 0 Å². The largest absolute Gasteiger partial charge is 0.456 e. The second-order valence-electron chi connectivity index (χ2n) is 12.5. The summed E-state index contributed by atoms with van der Waals surface area (Å²) in [6.07, 6.45) is 0. The summed E-state index contributed by atoms with van der Waals surface area (Å²) in [6.45, 7) is 0. The van der Waals surface area contributed by atoms with Gasteiger partial charge < -0.3 is 8.98 Å². The third-order valence-electron chi connectivity index (χ3n) is 9.84. The molecule has 0 spiro atoms. The van der Waals surface area contributed by atoms with Gasteiger partial charge in [0.15, 0.2) is 0 Å². The van der Waals surface area contributed by atoms with Crippen molar-refractivity contribution in [1.29, 1.82) is 0 Å². The van der Waals surface area contributed by atoms with Gasteiger partial charge in [-0.05, 0) is 90.0 Å². The molecule has 5 heteroatoms. The zero-order chi connectivity index (χ0) is 31.3. The van der Waals surface area contributed by atoms with Gasteiger partial charge in [0.25, 0.3) is 0 Å². The standard InChI is InChI=1S/C43H26N4O/c1-2-10-29(11-3-1)46-39-21-18-28(25-40(39)47-38-17-9-6-14-35(38)44-43(46)47)27-19-22-41-33(24-27)34-26-30(20-23-42(34)48-41)45-36-15-7-4-12-31(36)32-13-5-8-16-37(32)45/h1-26H. The molecule has 0 aliphatic heterocycles. The highest BCUT2D eigenvalue weighted by molar-refractivity contribution is 6.11. The summed E-state index contributed by atoms with van der Waals surface area (Å²) in [5.74, 6) is 0.906. The highest BCUT2D eigenvalue weighted by atomic mass is 16.3. The zero-order valence-electron chi connectivity index (χ0n) is 25.7. The van der Waals surface area contributed by atoms with Crippen LogP contribution in [0.4, 0.5) is 0 Å². The van der Waals surface area contributed by atoms with Crippen molar-refractivity contribution in [2.45, 2.75) is 0 Å². The molecule has 0 radical (unpaired) electrons. The molecule has 0 unspecified atom stereocenters. The Kier molecular flexibility index (Phi) is 5.05. The zero-order valence-corrected chi connectivity index (χ0v) is 25.7. The predicted molar refractivity (Wildman–Crippen MR) is 197 cm³/mol. The smallest absolute Gasteiger partial charge is 0.220 e. The lowest BCUT2D eigenvalue weighted by Gasteiger charge is -2.08. The summed E-state index contributed by atoms with van der Waals surface area (Å²) in [4.78, 5) is 5.08. The first kappa shape index (κ1) is 25.6. The maximum Gasteiger partial charge on any atom is 0.220 e. The van der Waals surface area contributed by atoms with Crippen LogP contribution in [0.3, 0.4) is 0 Å². The molecule has 0 bridgehead atoms. The Hall–Kier alpha value is -6.59. The first-order valence-corrected chi connectivity index (χ1v) is 16.2. The molecule has 0 fully saturated rings. The molecule has 0 atom stereocenters. The van der Waals surface area contributed by atoms with Gasteiger partial charge in [-0.3, -0.25) is 8.97 Å². The lowest BCUT2D eigenvalue weighted by molar-refractivity contribution is 0.669. The topological polar surface area (TPSA) is 40.3 Å². The van der Waals surface area contributed by atoms with Crippen molar-refractivity contribution in [2.24, 2.45) is 0 Å². The van der Waals surface area contributed by atoms with E-state index in [0.717, 1.165) is 72.3 Å². The van der Waals surface area contributed by atoms with Crippen molar-refractivity contribution < 1.29 is 4.42 Å². The lowest BCUT2D eigenvalue weighted by atomic mass is 10.0. The van der Waals surface area contributed by atoms with Crippen LogP contribution in [0.2, 0.25) is 0 Å². The Morgan fingerprint density at radius 3 is 1.81 bits per heavy atom. The molecule has 7 aromatic carbocycles. The minimum atomic E-state index is 0.882. The fourth-order valence-electron chi connectivity index (χ4n) is 7.70. The number of hydrogen-bond donors (Lipinski definition) is 0. The molecule has 4 aromatic heterocycles. The van der Waals surface area contributed by atoms with Crippen molar-refractivity contribution in [1.82, 2.24) is 18.5 Å². The second-order valence-corrected chi connectivity index (χ2v) is 12.5.